The lowest BCUT2D eigenvalue weighted by atomic mass is 10.2. The van der Waals surface area contributed by atoms with Gasteiger partial charge in [0.15, 0.2) is 12.4 Å². The first kappa shape index (κ1) is 16.4. The van der Waals surface area contributed by atoms with Crippen LogP contribution in [-0.2, 0) is 11.3 Å². The monoisotopic (exact) mass is 334 g/mol. The van der Waals surface area contributed by atoms with Crippen LogP contribution in [0.15, 0.2) is 72.8 Å². The van der Waals surface area contributed by atoms with E-state index in [-0.39, 0.29) is 12.5 Å². The van der Waals surface area contributed by atoms with E-state index in [4.69, 9.17) is 4.74 Å². The predicted octanol–water partition coefficient (Wildman–Crippen LogP) is 3.11. The van der Waals surface area contributed by atoms with Crippen molar-refractivity contribution in [3.8, 4) is 5.75 Å². The maximum atomic E-state index is 11.9. The van der Waals surface area contributed by atoms with Crippen LogP contribution < -0.4 is 15.4 Å². The largest absolute Gasteiger partial charge is 0.484 e. The fraction of sp³-hybridized carbons (Fsp3) is 0.105. The van der Waals surface area contributed by atoms with Crippen molar-refractivity contribution in [2.75, 3.05) is 17.2 Å². The minimum Gasteiger partial charge on any atom is -0.484 e. The second-order valence-corrected chi connectivity index (χ2v) is 5.29. The summed E-state index contributed by atoms with van der Waals surface area (Å²) < 4.78 is 5.38. The Morgan fingerprint density at radius 3 is 2.16 bits per heavy atom. The van der Waals surface area contributed by atoms with Gasteiger partial charge in [0.1, 0.15) is 11.6 Å². The van der Waals surface area contributed by atoms with Crippen LogP contribution in [0.2, 0.25) is 0 Å². The molecule has 0 aliphatic rings. The Morgan fingerprint density at radius 2 is 1.48 bits per heavy atom. The number of carbonyl (C=O) groups is 1. The fourth-order valence-corrected chi connectivity index (χ4v) is 2.13. The van der Waals surface area contributed by atoms with Crippen LogP contribution in [0.3, 0.4) is 0 Å². The van der Waals surface area contributed by atoms with Gasteiger partial charge in [-0.05, 0) is 29.8 Å². The summed E-state index contributed by atoms with van der Waals surface area (Å²) in [5.74, 6) is 1.38. The van der Waals surface area contributed by atoms with E-state index >= 15 is 0 Å². The standard InChI is InChI=1S/C19H18N4O2/c24-19(14-25-16-9-5-2-6-10-16)21-18-12-11-17(22-23-18)20-13-15-7-3-1-4-8-15/h1-12H,13-14H2,(H,20,22)(H,21,23,24). The number of benzene rings is 2. The summed E-state index contributed by atoms with van der Waals surface area (Å²) in [6.45, 7) is 0.575. The first-order valence-corrected chi connectivity index (χ1v) is 7.89. The van der Waals surface area contributed by atoms with E-state index < -0.39 is 0 Å². The normalized spacial score (nSPS) is 10.1. The Morgan fingerprint density at radius 1 is 0.840 bits per heavy atom. The van der Waals surface area contributed by atoms with Gasteiger partial charge in [-0.3, -0.25) is 4.79 Å². The van der Waals surface area contributed by atoms with Gasteiger partial charge in [-0.15, -0.1) is 10.2 Å². The fourth-order valence-electron chi connectivity index (χ4n) is 2.13. The number of nitrogens with zero attached hydrogens (tertiary/aromatic N) is 2. The molecular formula is C19H18N4O2. The molecule has 0 saturated heterocycles. The Kier molecular flexibility index (Phi) is 5.56. The Balaban J connectivity index is 1.46. The van der Waals surface area contributed by atoms with E-state index in [0.29, 0.717) is 23.9 Å². The molecule has 0 radical (unpaired) electrons. The second kappa shape index (κ2) is 8.44. The first-order chi connectivity index (χ1) is 12.3. The van der Waals surface area contributed by atoms with Crippen LogP contribution in [-0.4, -0.2) is 22.7 Å². The number of anilines is 2. The number of aromatic nitrogens is 2. The highest BCUT2D eigenvalue weighted by atomic mass is 16.5. The van der Waals surface area contributed by atoms with Gasteiger partial charge in [0.25, 0.3) is 5.91 Å². The summed E-state index contributed by atoms with van der Waals surface area (Å²) in [4.78, 5) is 11.9. The van der Waals surface area contributed by atoms with Crippen molar-refractivity contribution in [1.82, 2.24) is 10.2 Å². The molecule has 0 spiro atoms. The Labute approximate surface area is 145 Å². The van der Waals surface area contributed by atoms with Gasteiger partial charge in [0.2, 0.25) is 0 Å². The Bertz CT molecular complexity index is 793. The topological polar surface area (TPSA) is 76.1 Å². The lowest BCUT2D eigenvalue weighted by Gasteiger charge is -2.08. The molecule has 0 bridgehead atoms. The van der Waals surface area contributed by atoms with Gasteiger partial charge >= 0.3 is 0 Å². The van der Waals surface area contributed by atoms with Gasteiger partial charge in [-0.1, -0.05) is 48.5 Å². The van der Waals surface area contributed by atoms with Crippen molar-refractivity contribution in [2.45, 2.75) is 6.54 Å². The number of hydrogen-bond donors (Lipinski definition) is 2. The van der Waals surface area contributed by atoms with Crippen LogP contribution >= 0.6 is 0 Å². The summed E-state index contributed by atoms with van der Waals surface area (Å²) in [6.07, 6.45) is 0. The van der Waals surface area contributed by atoms with Crippen LogP contribution in [0.5, 0.6) is 5.75 Å². The highest BCUT2D eigenvalue weighted by molar-refractivity contribution is 5.90. The zero-order chi connectivity index (χ0) is 17.3. The molecule has 0 fully saturated rings. The number of para-hydroxylation sites is 1. The third-order valence-corrected chi connectivity index (χ3v) is 3.36. The third-order valence-electron chi connectivity index (χ3n) is 3.36. The Hall–Kier alpha value is -3.41. The third kappa shape index (κ3) is 5.31. The molecule has 0 aliphatic heterocycles. The molecular weight excluding hydrogens is 316 g/mol. The maximum Gasteiger partial charge on any atom is 0.263 e. The van der Waals surface area contributed by atoms with Gasteiger partial charge in [-0.25, -0.2) is 0 Å². The molecule has 6 heteroatoms. The van der Waals surface area contributed by atoms with Crippen LogP contribution in [0, 0.1) is 0 Å². The van der Waals surface area contributed by atoms with E-state index in [2.05, 4.69) is 20.8 Å². The quantitative estimate of drug-likeness (QED) is 0.694. The highest BCUT2D eigenvalue weighted by Gasteiger charge is 2.05. The zero-order valence-electron chi connectivity index (χ0n) is 13.6. The van der Waals surface area contributed by atoms with E-state index in [1.165, 1.54) is 0 Å². The summed E-state index contributed by atoms with van der Waals surface area (Å²) in [5.41, 5.74) is 1.15. The smallest absolute Gasteiger partial charge is 0.263 e. The zero-order valence-corrected chi connectivity index (χ0v) is 13.6. The molecule has 0 saturated carbocycles. The lowest BCUT2D eigenvalue weighted by Crippen LogP contribution is -2.21. The average molecular weight is 334 g/mol. The maximum absolute atomic E-state index is 11.9. The molecule has 3 aromatic rings. The number of ether oxygens (including phenoxy) is 1. The minimum absolute atomic E-state index is 0.0836. The average Bonchev–Trinajstić information content (AvgIpc) is 2.67. The molecule has 2 N–H and O–H groups in total. The van der Waals surface area contributed by atoms with Crippen molar-refractivity contribution in [3.05, 3.63) is 78.4 Å². The van der Waals surface area contributed by atoms with E-state index in [1.807, 2.05) is 48.5 Å². The van der Waals surface area contributed by atoms with Crippen molar-refractivity contribution in [2.24, 2.45) is 0 Å². The van der Waals surface area contributed by atoms with Gasteiger partial charge < -0.3 is 15.4 Å². The number of hydrogen-bond acceptors (Lipinski definition) is 5. The van der Waals surface area contributed by atoms with Crippen molar-refractivity contribution >= 4 is 17.5 Å². The minimum atomic E-state index is -0.289. The summed E-state index contributed by atoms with van der Waals surface area (Å²) in [5, 5.41) is 13.9. The van der Waals surface area contributed by atoms with Gasteiger partial charge in [0.05, 0.1) is 0 Å². The molecule has 6 nitrogen and oxygen atoms in total. The molecule has 2 aromatic carbocycles. The number of rotatable bonds is 7. The lowest BCUT2D eigenvalue weighted by molar-refractivity contribution is -0.118. The van der Waals surface area contributed by atoms with Crippen LogP contribution in [0.4, 0.5) is 11.6 Å². The van der Waals surface area contributed by atoms with Crippen molar-refractivity contribution in [1.29, 1.82) is 0 Å². The summed E-state index contributed by atoms with van der Waals surface area (Å²) >= 11 is 0. The summed E-state index contributed by atoms with van der Waals surface area (Å²) in [7, 11) is 0. The van der Waals surface area contributed by atoms with Gasteiger partial charge in [-0.2, -0.15) is 0 Å². The number of nitrogens with one attached hydrogen (secondary N) is 2. The number of amides is 1. The van der Waals surface area contributed by atoms with Crippen LogP contribution in [0.1, 0.15) is 5.56 Å². The van der Waals surface area contributed by atoms with Crippen molar-refractivity contribution in [3.63, 3.8) is 0 Å². The second-order valence-electron chi connectivity index (χ2n) is 5.29. The molecule has 1 aromatic heterocycles. The highest BCUT2D eigenvalue weighted by Crippen LogP contribution is 2.10. The van der Waals surface area contributed by atoms with Crippen molar-refractivity contribution < 1.29 is 9.53 Å². The summed E-state index contributed by atoms with van der Waals surface area (Å²) in [6, 6.07) is 22.6. The molecule has 126 valence electrons. The molecule has 25 heavy (non-hydrogen) atoms. The van der Waals surface area contributed by atoms with E-state index in [9.17, 15) is 4.79 Å². The molecule has 0 atom stereocenters. The first-order valence-electron chi connectivity index (χ1n) is 7.89. The molecule has 3 rings (SSSR count). The molecule has 1 heterocycles. The molecule has 0 unspecified atom stereocenters. The van der Waals surface area contributed by atoms with E-state index in [1.54, 1.807) is 24.3 Å². The predicted molar refractivity (Wildman–Crippen MR) is 96.4 cm³/mol. The molecule has 0 aliphatic carbocycles. The SMILES string of the molecule is O=C(COc1ccccc1)Nc1ccc(NCc2ccccc2)nn1. The van der Waals surface area contributed by atoms with Crippen LogP contribution in [0.25, 0.3) is 0 Å². The molecule has 1 amide bonds. The van der Waals surface area contributed by atoms with Gasteiger partial charge in [0, 0.05) is 6.54 Å². The number of carbonyl (C=O) groups excluding carboxylic acids is 1. The van der Waals surface area contributed by atoms with E-state index in [0.717, 1.165) is 5.56 Å².